The van der Waals surface area contributed by atoms with Crippen LogP contribution in [0.2, 0.25) is 0 Å². The summed E-state index contributed by atoms with van der Waals surface area (Å²) in [4.78, 5) is 27.9. The van der Waals surface area contributed by atoms with Gasteiger partial charge in [-0.25, -0.2) is 14.7 Å². The van der Waals surface area contributed by atoms with Crippen LogP contribution in [0.1, 0.15) is 27.4 Å². The Morgan fingerprint density at radius 3 is 2.32 bits per heavy atom. The smallest absolute Gasteiger partial charge is 0.265 e. The third-order valence-electron chi connectivity index (χ3n) is 2.69. The summed E-state index contributed by atoms with van der Waals surface area (Å²) in [6.45, 7) is 2.41. The average Bonchev–Trinajstić information content (AvgIpc) is 2.47. The molecule has 0 aliphatic heterocycles. The van der Waals surface area contributed by atoms with E-state index in [1.165, 1.54) is 19.1 Å². The highest BCUT2D eigenvalue weighted by Gasteiger charge is 2.36. The molecule has 0 N–H and O–H groups in total. The fourth-order valence-electron chi connectivity index (χ4n) is 1.66. The Kier molecular flexibility index (Phi) is 4.30. The quantitative estimate of drug-likeness (QED) is 0.643. The lowest BCUT2D eigenvalue weighted by Gasteiger charge is -2.12. The molecule has 5 nitrogen and oxygen atoms in total. The van der Waals surface area contributed by atoms with Gasteiger partial charge >= 0.3 is 12.1 Å². The van der Waals surface area contributed by atoms with Crippen molar-refractivity contribution in [1.82, 2.24) is 9.97 Å². The summed E-state index contributed by atoms with van der Waals surface area (Å²) in [6.07, 6.45) is -4.65. The molecule has 22 heavy (non-hydrogen) atoms. The molecule has 0 saturated carbocycles. The van der Waals surface area contributed by atoms with Crippen LogP contribution in [0.15, 0.2) is 30.3 Å². The van der Waals surface area contributed by atoms with Gasteiger partial charge in [-0.3, -0.25) is 4.89 Å². The minimum atomic E-state index is -4.65. The maximum absolute atomic E-state index is 12.8. The molecule has 0 amide bonds. The molecule has 0 unspecified atom stereocenters. The van der Waals surface area contributed by atoms with Crippen molar-refractivity contribution in [1.29, 1.82) is 0 Å². The largest absolute Gasteiger partial charge is 0.433 e. The molecule has 0 aliphatic rings. The van der Waals surface area contributed by atoms with Gasteiger partial charge in [-0.2, -0.15) is 18.2 Å². The molecule has 1 aromatic heterocycles. The predicted molar refractivity (Wildman–Crippen MR) is 69.0 cm³/mol. The van der Waals surface area contributed by atoms with Crippen molar-refractivity contribution in [2.45, 2.75) is 20.0 Å². The number of aromatic nitrogens is 2. The van der Waals surface area contributed by atoms with Gasteiger partial charge in [0.15, 0.2) is 5.69 Å². The Balaban J connectivity index is 2.20. The van der Waals surface area contributed by atoms with Crippen molar-refractivity contribution in [3.8, 4) is 5.88 Å². The minimum absolute atomic E-state index is 0.149. The van der Waals surface area contributed by atoms with Crippen molar-refractivity contribution in [3.05, 3.63) is 53.0 Å². The predicted octanol–water partition coefficient (Wildman–Crippen LogP) is 3.26. The van der Waals surface area contributed by atoms with Gasteiger partial charge in [0.05, 0.1) is 5.56 Å². The highest BCUT2D eigenvalue weighted by molar-refractivity contribution is 5.88. The summed E-state index contributed by atoms with van der Waals surface area (Å²) in [5.41, 5.74) is -1.30. The van der Waals surface area contributed by atoms with Crippen LogP contribution < -0.4 is 4.89 Å². The summed E-state index contributed by atoms with van der Waals surface area (Å²) in [5, 5.41) is 0. The maximum Gasteiger partial charge on any atom is 0.433 e. The van der Waals surface area contributed by atoms with Crippen LogP contribution in [0.5, 0.6) is 5.88 Å². The number of carbonyl (C=O) groups excluding carboxylic acids is 1. The summed E-state index contributed by atoms with van der Waals surface area (Å²) in [5.74, 6) is -1.45. The molecular weight excluding hydrogens is 301 g/mol. The van der Waals surface area contributed by atoms with Crippen molar-refractivity contribution in [3.63, 3.8) is 0 Å². The highest BCUT2D eigenvalue weighted by Crippen LogP contribution is 2.33. The number of carbonyl (C=O) groups is 1. The van der Waals surface area contributed by atoms with Crippen LogP contribution in [0, 0.1) is 13.8 Å². The first kappa shape index (κ1) is 15.7. The van der Waals surface area contributed by atoms with E-state index in [1.54, 1.807) is 18.2 Å². The first-order valence-electron chi connectivity index (χ1n) is 6.15. The van der Waals surface area contributed by atoms with Crippen molar-refractivity contribution >= 4 is 5.97 Å². The van der Waals surface area contributed by atoms with Crippen LogP contribution in [0.25, 0.3) is 0 Å². The number of rotatable bonds is 3. The van der Waals surface area contributed by atoms with Crippen LogP contribution in [-0.2, 0) is 11.1 Å². The Labute approximate surface area is 123 Å². The van der Waals surface area contributed by atoms with E-state index in [4.69, 9.17) is 0 Å². The highest BCUT2D eigenvalue weighted by atomic mass is 19.4. The zero-order chi connectivity index (χ0) is 16.3. The number of alkyl halides is 3. The van der Waals surface area contributed by atoms with Gasteiger partial charge in [0, 0.05) is 5.56 Å². The van der Waals surface area contributed by atoms with Gasteiger partial charge in [-0.1, -0.05) is 18.2 Å². The van der Waals surface area contributed by atoms with E-state index >= 15 is 0 Å². The lowest BCUT2D eigenvalue weighted by atomic mass is 10.2. The molecule has 0 bridgehead atoms. The summed E-state index contributed by atoms with van der Waals surface area (Å²) >= 11 is 0. The molecule has 2 rings (SSSR count). The molecule has 0 atom stereocenters. The van der Waals surface area contributed by atoms with Crippen LogP contribution >= 0.6 is 0 Å². The maximum atomic E-state index is 12.8. The zero-order valence-electron chi connectivity index (χ0n) is 11.6. The van der Waals surface area contributed by atoms with Crippen LogP contribution in [0.3, 0.4) is 0 Å². The normalized spacial score (nSPS) is 11.1. The standard InChI is InChI=1S/C14H11F3N2O3/c1-8-11(14(15,16)17)18-9(2)19-12(8)21-22-13(20)10-6-4-3-5-7-10/h3-7H,1-2H3. The van der Waals surface area contributed by atoms with E-state index in [0.29, 0.717) is 0 Å². The summed E-state index contributed by atoms with van der Waals surface area (Å²) in [6, 6.07) is 7.87. The number of nitrogens with zero attached hydrogens (tertiary/aromatic N) is 2. The molecule has 1 heterocycles. The monoisotopic (exact) mass is 312 g/mol. The third-order valence-corrected chi connectivity index (χ3v) is 2.69. The SMILES string of the molecule is Cc1nc(OOC(=O)c2ccccc2)c(C)c(C(F)(F)F)n1. The number of hydrogen-bond donors (Lipinski definition) is 0. The van der Waals surface area contributed by atoms with Gasteiger partial charge in [0.2, 0.25) is 0 Å². The van der Waals surface area contributed by atoms with Gasteiger partial charge in [0.1, 0.15) is 5.82 Å². The van der Waals surface area contributed by atoms with E-state index in [0.717, 1.165) is 6.92 Å². The first-order valence-corrected chi connectivity index (χ1v) is 6.15. The van der Waals surface area contributed by atoms with Gasteiger partial charge < -0.3 is 0 Å². The third kappa shape index (κ3) is 3.51. The fourth-order valence-corrected chi connectivity index (χ4v) is 1.66. The first-order chi connectivity index (χ1) is 10.3. The minimum Gasteiger partial charge on any atom is -0.265 e. The molecule has 8 heteroatoms. The van der Waals surface area contributed by atoms with Crippen molar-refractivity contribution in [2.75, 3.05) is 0 Å². The molecule has 116 valence electrons. The number of benzene rings is 1. The van der Waals surface area contributed by atoms with E-state index < -0.39 is 23.7 Å². The molecule has 0 aliphatic carbocycles. The lowest BCUT2D eigenvalue weighted by molar-refractivity contribution is -0.156. The molecule has 0 spiro atoms. The average molecular weight is 312 g/mol. The van der Waals surface area contributed by atoms with E-state index in [2.05, 4.69) is 19.7 Å². The fraction of sp³-hybridized carbons (Fsp3) is 0.214. The van der Waals surface area contributed by atoms with Gasteiger partial charge in [0.25, 0.3) is 5.88 Å². The van der Waals surface area contributed by atoms with Gasteiger partial charge in [-0.05, 0) is 26.0 Å². The van der Waals surface area contributed by atoms with Crippen LogP contribution in [-0.4, -0.2) is 15.9 Å². The Hall–Kier alpha value is -2.64. The Morgan fingerprint density at radius 2 is 1.73 bits per heavy atom. The topological polar surface area (TPSA) is 61.3 Å². The molecule has 0 saturated heterocycles. The second-order valence-corrected chi connectivity index (χ2v) is 4.37. The van der Waals surface area contributed by atoms with Crippen LogP contribution in [0.4, 0.5) is 13.2 Å². The number of aryl methyl sites for hydroxylation is 1. The molecule has 1 aromatic carbocycles. The second-order valence-electron chi connectivity index (χ2n) is 4.37. The zero-order valence-corrected chi connectivity index (χ0v) is 11.6. The number of hydrogen-bond acceptors (Lipinski definition) is 5. The van der Waals surface area contributed by atoms with E-state index in [9.17, 15) is 18.0 Å². The summed E-state index contributed by atoms with van der Waals surface area (Å²) < 4.78 is 38.5. The summed E-state index contributed by atoms with van der Waals surface area (Å²) in [7, 11) is 0. The number of halogens is 3. The van der Waals surface area contributed by atoms with Crippen molar-refractivity contribution in [2.24, 2.45) is 0 Å². The van der Waals surface area contributed by atoms with E-state index in [1.807, 2.05) is 0 Å². The molecule has 0 radical (unpaired) electrons. The lowest BCUT2D eigenvalue weighted by Crippen LogP contribution is -2.16. The van der Waals surface area contributed by atoms with Crippen molar-refractivity contribution < 1.29 is 27.7 Å². The second kappa shape index (κ2) is 6.00. The molecule has 0 fully saturated rings. The Morgan fingerprint density at radius 1 is 1.09 bits per heavy atom. The Bertz CT molecular complexity index is 688. The molecular formula is C14H11F3N2O3. The molecule has 2 aromatic rings. The van der Waals surface area contributed by atoms with E-state index in [-0.39, 0.29) is 17.0 Å². The van der Waals surface area contributed by atoms with Gasteiger partial charge in [-0.15, -0.1) is 0 Å².